The fraction of sp³-hybridized carbons (Fsp3) is 1.00. The summed E-state index contributed by atoms with van der Waals surface area (Å²) in [4.78, 5) is 0. The Hall–Kier alpha value is -0.130. The van der Waals surface area contributed by atoms with Crippen LogP contribution in [0.1, 0.15) is 33.6 Å². The molecule has 1 atom stereocenters. The highest BCUT2D eigenvalue weighted by atomic mass is 32.2. The van der Waals surface area contributed by atoms with E-state index >= 15 is 0 Å². The van der Waals surface area contributed by atoms with E-state index in [0.29, 0.717) is 31.3 Å². The maximum atomic E-state index is 11.5. The first kappa shape index (κ1) is 14.9. The summed E-state index contributed by atoms with van der Waals surface area (Å²) in [7, 11) is -3.09. The molecule has 0 saturated carbocycles. The molecule has 3 N–H and O–H groups in total. The third kappa shape index (κ3) is 7.76. The molecule has 0 bridgehead atoms. The molecule has 0 amide bonds. The van der Waals surface area contributed by atoms with Crippen LogP contribution in [0.5, 0.6) is 0 Å². The van der Waals surface area contributed by atoms with Gasteiger partial charge in [-0.2, -0.15) is 0 Å². The Morgan fingerprint density at radius 2 is 1.80 bits per heavy atom. The fourth-order valence-electron chi connectivity index (χ4n) is 1.00. The molecule has 0 aliphatic rings. The van der Waals surface area contributed by atoms with E-state index in [2.05, 4.69) is 18.6 Å². The van der Waals surface area contributed by atoms with Crippen molar-refractivity contribution in [2.75, 3.05) is 18.8 Å². The summed E-state index contributed by atoms with van der Waals surface area (Å²) in [5.41, 5.74) is 5.30. The molecule has 0 heterocycles. The van der Waals surface area contributed by atoms with Gasteiger partial charge in [0, 0.05) is 6.54 Å². The second kappa shape index (κ2) is 7.19. The summed E-state index contributed by atoms with van der Waals surface area (Å²) in [6.07, 6.45) is 1.41. The van der Waals surface area contributed by atoms with Crippen LogP contribution in [0.3, 0.4) is 0 Å². The lowest BCUT2D eigenvalue weighted by Crippen LogP contribution is -2.32. The Morgan fingerprint density at radius 3 is 2.27 bits per heavy atom. The molecule has 0 aromatic carbocycles. The maximum Gasteiger partial charge on any atom is 0.211 e. The highest BCUT2D eigenvalue weighted by Crippen LogP contribution is 2.08. The molecule has 0 spiro atoms. The summed E-state index contributed by atoms with van der Waals surface area (Å²) in [6, 6.07) is 0. The minimum absolute atomic E-state index is 0.189. The molecule has 0 rings (SSSR count). The van der Waals surface area contributed by atoms with Crippen LogP contribution in [0.2, 0.25) is 0 Å². The number of unbranched alkanes of at least 4 members (excludes halogenated alkanes) is 1. The standard InChI is InChI=1S/C10H24N2O2S/c1-9(2)10(3)8-12-15(13,14)7-5-4-6-11/h9-10,12H,4-8,11H2,1-3H3. The van der Waals surface area contributed by atoms with Gasteiger partial charge < -0.3 is 5.73 Å². The molecular formula is C10H24N2O2S. The molecule has 0 aromatic heterocycles. The van der Waals surface area contributed by atoms with Crippen LogP contribution < -0.4 is 10.5 Å². The van der Waals surface area contributed by atoms with Crippen LogP contribution in [-0.4, -0.2) is 27.3 Å². The zero-order chi connectivity index (χ0) is 11.9. The van der Waals surface area contributed by atoms with E-state index in [0.717, 1.165) is 6.42 Å². The van der Waals surface area contributed by atoms with Crippen LogP contribution in [0.15, 0.2) is 0 Å². The molecule has 4 nitrogen and oxygen atoms in total. The van der Waals surface area contributed by atoms with Gasteiger partial charge in [-0.05, 0) is 31.2 Å². The Labute approximate surface area is 93.7 Å². The van der Waals surface area contributed by atoms with E-state index < -0.39 is 10.0 Å². The topological polar surface area (TPSA) is 72.2 Å². The van der Waals surface area contributed by atoms with Gasteiger partial charge in [-0.15, -0.1) is 0 Å². The van der Waals surface area contributed by atoms with Gasteiger partial charge in [0.2, 0.25) is 10.0 Å². The average Bonchev–Trinajstić information content (AvgIpc) is 2.14. The first-order valence-corrected chi connectivity index (χ1v) is 7.21. The molecule has 15 heavy (non-hydrogen) atoms. The van der Waals surface area contributed by atoms with Crippen LogP contribution in [0.25, 0.3) is 0 Å². The van der Waals surface area contributed by atoms with E-state index in [1.807, 2.05) is 6.92 Å². The van der Waals surface area contributed by atoms with Gasteiger partial charge in [0.05, 0.1) is 5.75 Å². The van der Waals surface area contributed by atoms with Crippen molar-refractivity contribution in [1.82, 2.24) is 4.72 Å². The lowest BCUT2D eigenvalue weighted by molar-refractivity contribution is 0.414. The van der Waals surface area contributed by atoms with E-state index in [-0.39, 0.29) is 5.75 Å². The molecule has 1 unspecified atom stereocenters. The molecule has 0 radical (unpaired) electrons. The van der Waals surface area contributed by atoms with Crippen molar-refractivity contribution in [2.24, 2.45) is 17.6 Å². The van der Waals surface area contributed by atoms with Crippen molar-refractivity contribution in [1.29, 1.82) is 0 Å². The number of hydrogen-bond donors (Lipinski definition) is 2. The van der Waals surface area contributed by atoms with E-state index in [9.17, 15) is 8.42 Å². The molecule has 92 valence electrons. The Bertz CT molecular complexity index is 250. The van der Waals surface area contributed by atoms with Gasteiger partial charge >= 0.3 is 0 Å². The van der Waals surface area contributed by atoms with Gasteiger partial charge in [0.15, 0.2) is 0 Å². The van der Waals surface area contributed by atoms with Gasteiger partial charge in [0.25, 0.3) is 0 Å². The van der Waals surface area contributed by atoms with Crippen LogP contribution in [0, 0.1) is 11.8 Å². The third-order valence-corrected chi connectivity index (χ3v) is 4.06. The monoisotopic (exact) mass is 236 g/mol. The molecule has 0 fully saturated rings. The number of nitrogens with two attached hydrogens (primary N) is 1. The summed E-state index contributed by atoms with van der Waals surface area (Å²) in [6.45, 7) is 7.31. The van der Waals surface area contributed by atoms with Gasteiger partial charge in [0.1, 0.15) is 0 Å². The minimum atomic E-state index is -3.09. The first-order chi connectivity index (χ1) is 6.89. The lowest BCUT2D eigenvalue weighted by atomic mass is 9.99. The summed E-state index contributed by atoms with van der Waals surface area (Å²) in [5, 5.41) is 0. The Kier molecular flexibility index (Phi) is 7.13. The highest BCUT2D eigenvalue weighted by molar-refractivity contribution is 7.89. The number of sulfonamides is 1. The van der Waals surface area contributed by atoms with Gasteiger partial charge in [-0.3, -0.25) is 0 Å². The SMILES string of the molecule is CC(C)C(C)CNS(=O)(=O)CCCCN. The Morgan fingerprint density at radius 1 is 1.20 bits per heavy atom. The normalized spacial score (nSPS) is 14.5. The minimum Gasteiger partial charge on any atom is -0.330 e. The second-order valence-corrected chi connectivity index (χ2v) is 6.31. The quantitative estimate of drug-likeness (QED) is 0.616. The summed E-state index contributed by atoms with van der Waals surface area (Å²) in [5.74, 6) is 1.06. The van der Waals surface area contributed by atoms with Crippen molar-refractivity contribution in [3.8, 4) is 0 Å². The van der Waals surface area contributed by atoms with Gasteiger partial charge in [-0.1, -0.05) is 20.8 Å². The van der Waals surface area contributed by atoms with E-state index in [1.54, 1.807) is 0 Å². The van der Waals surface area contributed by atoms with Crippen molar-refractivity contribution in [2.45, 2.75) is 33.6 Å². The predicted octanol–water partition coefficient (Wildman–Crippen LogP) is 0.937. The average molecular weight is 236 g/mol. The fourth-order valence-corrected chi connectivity index (χ4v) is 2.25. The lowest BCUT2D eigenvalue weighted by Gasteiger charge is -2.16. The van der Waals surface area contributed by atoms with Crippen LogP contribution in [0.4, 0.5) is 0 Å². The number of rotatable bonds is 8. The van der Waals surface area contributed by atoms with Gasteiger partial charge in [-0.25, -0.2) is 13.1 Å². The molecule has 0 saturated heterocycles. The summed E-state index contributed by atoms with van der Waals surface area (Å²) >= 11 is 0. The predicted molar refractivity (Wildman–Crippen MR) is 64.1 cm³/mol. The third-order valence-electron chi connectivity index (χ3n) is 2.63. The first-order valence-electron chi connectivity index (χ1n) is 5.56. The Balaban J connectivity index is 3.84. The highest BCUT2D eigenvalue weighted by Gasteiger charge is 2.13. The molecule has 0 aliphatic heterocycles. The molecular weight excluding hydrogens is 212 g/mol. The molecule has 0 aliphatic carbocycles. The maximum absolute atomic E-state index is 11.5. The number of hydrogen-bond acceptors (Lipinski definition) is 3. The smallest absolute Gasteiger partial charge is 0.211 e. The van der Waals surface area contributed by atoms with Crippen molar-refractivity contribution < 1.29 is 8.42 Å². The van der Waals surface area contributed by atoms with E-state index in [1.165, 1.54) is 0 Å². The second-order valence-electron chi connectivity index (χ2n) is 4.38. The van der Waals surface area contributed by atoms with Crippen LogP contribution in [-0.2, 0) is 10.0 Å². The van der Waals surface area contributed by atoms with Crippen molar-refractivity contribution >= 4 is 10.0 Å². The van der Waals surface area contributed by atoms with Crippen molar-refractivity contribution in [3.63, 3.8) is 0 Å². The zero-order valence-electron chi connectivity index (χ0n) is 9.99. The summed E-state index contributed by atoms with van der Waals surface area (Å²) < 4.78 is 25.6. The van der Waals surface area contributed by atoms with E-state index in [4.69, 9.17) is 5.73 Å². The number of nitrogens with one attached hydrogen (secondary N) is 1. The van der Waals surface area contributed by atoms with Crippen molar-refractivity contribution in [3.05, 3.63) is 0 Å². The largest absolute Gasteiger partial charge is 0.330 e. The van der Waals surface area contributed by atoms with Crippen LogP contribution >= 0.6 is 0 Å². The molecule has 5 heteroatoms. The zero-order valence-corrected chi connectivity index (χ0v) is 10.8. The molecule has 0 aromatic rings.